The lowest BCUT2D eigenvalue weighted by molar-refractivity contribution is -0.138. The summed E-state index contributed by atoms with van der Waals surface area (Å²) in [4.78, 5) is 2.19. The minimum Gasteiger partial charge on any atom is -0.369 e. The van der Waals surface area contributed by atoms with E-state index in [1.165, 1.54) is 0 Å². The zero-order valence-electron chi connectivity index (χ0n) is 11.0. The number of hydrogen-bond donors (Lipinski definition) is 1. The number of nitrogens with zero attached hydrogens (tertiary/aromatic N) is 1. The van der Waals surface area contributed by atoms with Crippen LogP contribution in [0.2, 0.25) is 0 Å². The summed E-state index contributed by atoms with van der Waals surface area (Å²) in [5, 5.41) is 0. The molecule has 0 spiro atoms. The van der Waals surface area contributed by atoms with E-state index in [4.69, 9.17) is 5.73 Å². The fourth-order valence-electron chi connectivity index (χ4n) is 2.35. The van der Waals surface area contributed by atoms with Crippen molar-refractivity contribution in [3.8, 4) is 0 Å². The van der Waals surface area contributed by atoms with Gasteiger partial charge in [0.05, 0.1) is 5.56 Å². The molecule has 0 saturated heterocycles. The topological polar surface area (TPSA) is 29.3 Å². The molecule has 2 rings (SSSR count). The smallest absolute Gasteiger partial charge is 0.369 e. The molecule has 19 heavy (non-hydrogen) atoms. The molecule has 0 aromatic heterocycles. The largest absolute Gasteiger partial charge is 0.416 e. The van der Waals surface area contributed by atoms with Gasteiger partial charge in [0.1, 0.15) is 0 Å². The van der Waals surface area contributed by atoms with Crippen molar-refractivity contribution in [1.82, 2.24) is 0 Å². The van der Waals surface area contributed by atoms with Crippen molar-refractivity contribution in [1.29, 1.82) is 0 Å². The molecule has 1 aromatic carbocycles. The van der Waals surface area contributed by atoms with Crippen LogP contribution in [0.15, 0.2) is 18.2 Å². The van der Waals surface area contributed by atoms with E-state index in [2.05, 4.69) is 11.8 Å². The minimum atomic E-state index is -4.33. The molecule has 0 atom stereocenters. The van der Waals surface area contributed by atoms with Crippen molar-refractivity contribution in [2.75, 3.05) is 11.4 Å². The molecule has 0 radical (unpaired) electrons. The van der Waals surface area contributed by atoms with Crippen molar-refractivity contribution in [3.63, 3.8) is 0 Å². The second-order valence-corrected chi connectivity index (χ2v) is 4.97. The van der Waals surface area contributed by atoms with Gasteiger partial charge in [0, 0.05) is 24.8 Å². The summed E-state index contributed by atoms with van der Waals surface area (Å²) in [5.41, 5.74) is 5.88. The van der Waals surface area contributed by atoms with E-state index in [9.17, 15) is 13.2 Å². The van der Waals surface area contributed by atoms with Crippen molar-refractivity contribution in [3.05, 3.63) is 29.3 Å². The molecule has 0 amide bonds. The van der Waals surface area contributed by atoms with Crippen LogP contribution in [-0.4, -0.2) is 12.6 Å². The summed E-state index contributed by atoms with van der Waals surface area (Å²) in [5.74, 6) is 0. The molecule has 1 fully saturated rings. The number of alkyl halides is 3. The van der Waals surface area contributed by atoms with E-state index < -0.39 is 11.7 Å². The lowest BCUT2D eigenvalue weighted by Gasteiger charge is -2.25. The van der Waals surface area contributed by atoms with Gasteiger partial charge in [-0.2, -0.15) is 13.2 Å². The second-order valence-electron chi connectivity index (χ2n) is 4.97. The van der Waals surface area contributed by atoms with Gasteiger partial charge in [-0.05, 0) is 43.0 Å². The number of benzene rings is 1. The molecule has 106 valence electrons. The van der Waals surface area contributed by atoms with Crippen molar-refractivity contribution >= 4 is 5.69 Å². The minimum absolute atomic E-state index is 0.0900. The number of halogens is 3. The zero-order valence-corrected chi connectivity index (χ0v) is 11.0. The third-order valence-corrected chi connectivity index (χ3v) is 3.40. The quantitative estimate of drug-likeness (QED) is 0.888. The maximum absolute atomic E-state index is 12.8. The van der Waals surface area contributed by atoms with Crippen LogP contribution in [-0.2, 0) is 12.7 Å². The van der Waals surface area contributed by atoms with Gasteiger partial charge in [-0.1, -0.05) is 6.92 Å². The highest BCUT2D eigenvalue weighted by Gasteiger charge is 2.34. The van der Waals surface area contributed by atoms with E-state index in [1.54, 1.807) is 12.1 Å². The van der Waals surface area contributed by atoms with Gasteiger partial charge < -0.3 is 10.6 Å². The van der Waals surface area contributed by atoms with E-state index >= 15 is 0 Å². The molecular formula is C14H19F3N2. The number of rotatable bonds is 5. The predicted molar refractivity (Wildman–Crippen MR) is 70.0 cm³/mol. The number of hydrogen-bond acceptors (Lipinski definition) is 2. The normalized spacial score (nSPS) is 15.6. The van der Waals surface area contributed by atoms with E-state index in [-0.39, 0.29) is 12.1 Å². The second kappa shape index (κ2) is 5.41. The first-order valence-electron chi connectivity index (χ1n) is 6.64. The Kier molecular flexibility index (Phi) is 4.04. The SMILES string of the molecule is CCCN(c1ccc(C(F)(F)F)c(CN)c1)C1CC1. The maximum atomic E-state index is 12.8. The van der Waals surface area contributed by atoms with Crippen LogP contribution < -0.4 is 10.6 Å². The van der Waals surface area contributed by atoms with E-state index in [0.29, 0.717) is 6.04 Å². The molecule has 0 aliphatic heterocycles. The molecule has 1 aromatic rings. The Bertz CT molecular complexity index is 439. The molecule has 1 aliphatic rings. The Morgan fingerprint density at radius 1 is 1.32 bits per heavy atom. The lowest BCUT2D eigenvalue weighted by atomic mass is 10.1. The molecule has 2 nitrogen and oxygen atoms in total. The summed E-state index contributed by atoms with van der Waals surface area (Å²) < 4.78 is 38.5. The van der Waals surface area contributed by atoms with Crippen LogP contribution in [0.4, 0.5) is 18.9 Å². The molecule has 5 heteroatoms. The van der Waals surface area contributed by atoms with Gasteiger partial charge in [-0.25, -0.2) is 0 Å². The molecule has 0 bridgehead atoms. The third-order valence-electron chi connectivity index (χ3n) is 3.40. The fourth-order valence-corrected chi connectivity index (χ4v) is 2.35. The Morgan fingerprint density at radius 3 is 2.47 bits per heavy atom. The lowest BCUT2D eigenvalue weighted by Crippen LogP contribution is -2.27. The first-order chi connectivity index (χ1) is 8.97. The molecule has 1 aliphatic carbocycles. The Morgan fingerprint density at radius 2 is 2.00 bits per heavy atom. The van der Waals surface area contributed by atoms with Gasteiger partial charge in [-0.3, -0.25) is 0 Å². The van der Waals surface area contributed by atoms with Crippen LogP contribution in [0.25, 0.3) is 0 Å². The van der Waals surface area contributed by atoms with Crippen LogP contribution >= 0.6 is 0 Å². The monoisotopic (exact) mass is 272 g/mol. The molecule has 1 saturated carbocycles. The molecular weight excluding hydrogens is 253 g/mol. The highest BCUT2D eigenvalue weighted by Crippen LogP contribution is 2.36. The summed E-state index contributed by atoms with van der Waals surface area (Å²) >= 11 is 0. The van der Waals surface area contributed by atoms with Gasteiger partial charge in [0.25, 0.3) is 0 Å². The van der Waals surface area contributed by atoms with Crippen molar-refractivity contribution in [2.45, 2.75) is 44.9 Å². The predicted octanol–water partition coefficient (Wildman–Crippen LogP) is 3.54. The van der Waals surface area contributed by atoms with Gasteiger partial charge in [0.2, 0.25) is 0 Å². The summed E-state index contributed by atoms with van der Waals surface area (Å²) in [6.07, 6.45) is -1.10. The van der Waals surface area contributed by atoms with Crippen LogP contribution in [0.1, 0.15) is 37.3 Å². The number of anilines is 1. The molecule has 0 heterocycles. The fraction of sp³-hybridized carbons (Fsp3) is 0.571. The summed E-state index contributed by atoms with van der Waals surface area (Å²) in [7, 11) is 0. The van der Waals surface area contributed by atoms with Crippen LogP contribution in [0.3, 0.4) is 0 Å². The number of nitrogens with two attached hydrogens (primary N) is 1. The standard InChI is InChI=1S/C14H19F3N2/c1-2-7-19(11-3-4-11)12-5-6-13(14(15,16)17)10(8-12)9-18/h5-6,8,11H,2-4,7,9,18H2,1H3. The van der Waals surface area contributed by atoms with Gasteiger partial charge >= 0.3 is 6.18 Å². The van der Waals surface area contributed by atoms with E-state index in [0.717, 1.165) is 37.6 Å². The third kappa shape index (κ3) is 3.21. The van der Waals surface area contributed by atoms with Crippen molar-refractivity contribution < 1.29 is 13.2 Å². The summed E-state index contributed by atoms with van der Waals surface area (Å²) in [6.45, 7) is 2.86. The highest BCUT2D eigenvalue weighted by atomic mass is 19.4. The van der Waals surface area contributed by atoms with Crippen LogP contribution in [0, 0.1) is 0 Å². The maximum Gasteiger partial charge on any atom is 0.416 e. The molecule has 2 N–H and O–H groups in total. The van der Waals surface area contributed by atoms with Gasteiger partial charge in [0.15, 0.2) is 0 Å². The average molecular weight is 272 g/mol. The Hall–Kier alpha value is -1.23. The highest BCUT2D eigenvalue weighted by molar-refractivity contribution is 5.53. The first-order valence-corrected chi connectivity index (χ1v) is 6.64. The van der Waals surface area contributed by atoms with Crippen LogP contribution in [0.5, 0.6) is 0 Å². The Labute approximate surface area is 111 Å². The van der Waals surface area contributed by atoms with Crippen molar-refractivity contribution in [2.24, 2.45) is 5.73 Å². The first kappa shape index (κ1) is 14.2. The zero-order chi connectivity index (χ0) is 14.0. The molecule has 0 unspecified atom stereocenters. The average Bonchev–Trinajstić information content (AvgIpc) is 3.18. The van der Waals surface area contributed by atoms with E-state index in [1.807, 2.05) is 0 Å². The summed E-state index contributed by atoms with van der Waals surface area (Å²) in [6, 6.07) is 4.80. The Balaban J connectivity index is 2.32. The van der Waals surface area contributed by atoms with Gasteiger partial charge in [-0.15, -0.1) is 0 Å².